The van der Waals surface area contributed by atoms with Gasteiger partial charge in [-0.15, -0.1) is 0 Å². The van der Waals surface area contributed by atoms with E-state index >= 15 is 0 Å². The predicted octanol–water partition coefficient (Wildman–Crippen LogP) is 4.05. The summed E-state index contributed by atoms with van der Waals surface area (Å²) in [7, 11) is 0. The molecule has 2 aromatic rings. The molecular weight excluding hydrogens is 266 g/mol. The zero-order valence-electron chi connectivity index (χ0n) is 12.7. The fraction of sp³-hybridized carbons (Fsp3) is 0.294. The van der Waals surface area contributed by atoms with Crippen LogP contribution in [0.2, 0.25) is 0 Å². The average Bonchev–Trinajstić information content (AvgIpc) is 2.88. The van der Waals surface area contributed by atoms with E-state index in [-0.39, 0.29) is 5.91 Å². The van der Waals surface area contributed by atoms with Crippen LogP contribution in [-0.2, 0) is 4.79 Å². The van der Waals surface area contributed by atoms with Gasteiger partial charge in [-0.05, 0) is 42.8 Å². The summed E-state index contributed by atoms with van der Waals surface area (Å²) in [5, 5.41) is 2.92. The van der Waals surface area contributed by atoms with Crippen LogP contribution in [0.4, 0.5) is 5.69 Å². The van der Waals surface area contributed by atoms with Gasteiger partial charge in [0.1, 0.15) is 5.76 Å². The second kappa shape index (κ2) is 5.56. The normalized spacial score (nSPS) is 11.2. The molecule has 1 N–H and O–H groups in total. The number of aryl methyl sites for hydroxylation is 1. The molecule has 4 heteroatoms. The summed E-state index contributed by atoms with van der Waals surface area (Å²) >= 11 is 0. The lowest BCUT2D eigenvalue weighted by molar-refractivity contribution is -0.123. The van der Waals surface area contributed by atoms with E-state index in [1.165, 1.54) is 0 Å². The Hall–Kier alpha value is -2.36. The molecule has 1 amide bonds. The van der Waals surface area contributed by atoms with Gasteiger partial charge in [0.2, 0.25) is 5.91 Å². The van der Waals surface area contributed by atoms with Gasteiger partial charge in [0.25, 0.3) is 0 Å². The summed E-state index contributed by atoms with van der Waals surface area (Å²) in [6, 6.07) is 9.01. The van der Waals surface area contributed by atoms with E-state index in [2.05, 4.69) is 5.32 Å². The molecule has 1 heterocycles. The number of nitrogens with one attached hydrogen (secondary N) is 1. The van der Waals surface area contributed by atoms with E-state index in [4.69, 9.17) is 4.42 Å². The monoisotopic (exact) mass is 285 g/mol. The fourth-order valence-electron chi connectivity index (χ4n) is 1.84. The number of anilines is 1. The zero-order valence-corrected chi connectivity index (χ0v) is 12.7. The van der Waals surface area contributed by atoms with Crippen LogP contribution < -0.4 is 5.32 Å². The number of carbonyl (C=O) groups excluding carboxylic acids is 2. The Morgan fingerprint density at radius 1 is 1.19 bits per heavy atom. The molecule has 110 valence electrons. The van der Waals surface area contributed by atoms with Gasteiger partial charge < -0.3 is 9.73 Å². The summed E-state index contributed by atoms with van der Waals surface area (Å²) in [5.74, 6) is 0.904. The maximum absolute atomic E-state index is 12.0. The molecule has 0 radical (unpaired) electrons. The van der Waals surface area contributed by atoms with Crippen molar-refractivity contribution in [3.05, 3.63) is 41.7 Å². The number of aldehydes is 1. The Kier molecular flexibility index (Phi) is 3.98. The molecule has 0 aliphatic carbocycles. The van der Waals surface area contributed by atoms with Crippen LogP contribution in [-0.4, -0.2) is 12.2 Å². The largest absolute Gasteiger partial charge is 0.453 e. The van der Waals surface area contributed by atoms with Crippen LogP contribution >= 0.6 is 0 Å². The molecule has 0 spiro atoms. The third kappa shape index (κ3) is 3.40. The highest BCUT2D eigenvalue weighted by atomic mass is 16.3. The van der Waals surface area contributed by atoms with Crippen LogP contribution in [0.1, 0.15) is 36.9 Å². The summed E-state index contributed by atoms with van der Waals surface area (Å²) < 4.78 is 5.39. The minimum atomic E-state index is -0.439. The minimum absolute atomic E-state index is 0.0282. The van der Waals surface area contributed by atoms with E-state index in [1.807, 2.05) is 45.9 Å². The van der Waals surface area contributed by atoms with Gasteiger partial charge in [0.15, 0.2) is 12.0 Å². The average molecular weight is 285 g/mol. The maximum Gasteiger partial charge on any atom is 0.229 e. The molecule has 4 nitrogen and oxygen atoms in total. The molecule has 0 aliphatic heterocycles. The lowest BCUT2D eigenvalue weighted by Crippen LogP contribution is -2.27. The number of rotatable bonds is 3. The molecule has 0 saturated carbocycles. The van der Waals surface area contributed by atoms with Gasteiger partial charge in [0.05, 0.1) is 0 Å². The third-order valence-electron chi connectivity index (χ3n) is 3.18. The molecule has 0 fully saturated rings. The first-order valence-corrected chi connectivity index (χ1v) is 6.79. The minimum Gasteiger partial charge on any atom is -0.453 e. The van der Waals surface area contributed by atoms with Crippen LogP contribution in [0.15, 0.2) is 34.7 Å². The predicted molar refractivity (Wildman–Crippen MR) is 82.4 cm³/mol. The van der Waals surface area contributed by atoms with Crippen molar-refractivity contribution >= 4 is 17.9 Å². The van der Waals surface area contributed by atoms with E-state index < -0.39 is 5.41 Å². The summed E-state index contributed by atoms with van der Waals surface area (Å²) in [4.78, 5) is 22.7. The van der Waals surface area contributed by atoms with Crippen molar-refractivity contribution < 1.29 is 14.0 Å². The second-order valence-corrected chi connectivity index (χ2v) is 6.05. The Morgan fingerprint density at radius 2 is 1.90 bits per heavy atom. The van der Waals surface area contributed by atoms with E-state index in [9.17, 15) is 9.59 Å². The van der Waals surface area contributed by atoms with Gasteiger partial charge in [-0.1, -0.05) is 20.8 Å². The van der Waals surface area contributed by atoms with E-state index in [0.29, 0.717) is 17.8 Å². The van der Waals surface area contributed by atoms with Crippen molar-refractivity contribution in [2.45, 2.75) is 27.7 Å². The molecule has 0 saturated heterocycles. The molecule has 0 unspecified atom stereocenters. The first kappa shape index (κ1) is 15.0. The van der Waals surface area contributed by atoms with Crippen molar-refractivity contribution in [3.63, 3.8) is 0 Å². The van der Waals surface area contributed by atoms with Crippen LogP contribution in [0.3, 0.4) is 0 Å². The smallest absolute Gasteiger partial charge is 0.229 e. The molecular formula is C17H19NO3. The standard InChI is InChI=1S/C17H19NO3/c1-11-9-12(15-8-6-13(10-19)21-15)5-7-14(11)18-16(20)17(2,3)4/h5-10H,1-4H3,(H,18,20). The van der Waals surface area contributed by atoms with E-state index in [0.717, 1.165) is 16.8 Å². The summed E-state index contributed by atoms with van der Waals surface area (Å²) in [6.07, 6.45) is 0.675. The molecule has 1 aromatic heterocycles. The number of benzene rings is 1. The Morgan fingerprint density at radius 3 is 2.43 bits per heavy atom. The van der Waals surface area contributed by atoms with Crippen molar-refractivity contribution in [1.82, 2.24) is 0 Å². The molecule has 1 aromatic carbocycles. The lowest BCUT2D eigenvalue weighted by Gasteiger charge is -2.19. The summed E-state index contributed by atoms with van der Waals surface area (Å²) in [6.45, 7) is 7.53. The second-order valence-electron chi connectivity index (χ2n) is 6.05. The SMILES string of the molecule is Cc1cc(-c2ccc(C=O)o2)ccc1NC(=O)C(C)(C)C. The fourth-order valence-corrected chi connectivity index (χ4v) is 1.84. The van der Waals surface area contributed by atoms with Crippen LogP contribution in [0, 0.1) is 12.3 Å². The zero-order chi connectivity index (χ0) is 15.6. The highest BCUT2D eigenvalue weighted by molar-refractivity contribution is 5.95. The summed E-state index contributed by atoms with van der Waals surface area (Å²) in [5.41, 5.74) is 2.15. The van der Waals surface area contributed by atoms with Crippen LogP contribution in [0.25, 0.3) is 11.3 Å². The Bertz CT molecular complexity index is 678. The molecule has 0 atom stereocenters. The number of carbonyl (C=O) groups is 2. The number of furan rings is 1. The van der Waals surface area contributed by atoms with Gasteiger partial charge in [0, 0.05) is 16.7 Å². The van der Waals surface area contributed by atoms with Crippen molar-refractivity contribution in [1.29, 1.82) is 0 Å². The Labute approximate surface area is 124 Å². The van der Waals surface area contributed by atoms with Crippen molar-refractivity contribution in [2.75, 3.05) is 5.32 Å². The molecule has 0 aliphatic rings. The third-order valence-corrected chi connectivity index (χ3v) is 3.18. The topological polar surface area (TPSA) is 59.3 Å². The van der Waals surface area contributed by atoms with Gasteiger partial charge in [-0.25, -0.2) is 0 Å². The first-order chi connectivity index (χ1) is 9.81. The van der Waals surface area contributed by atoms with Gasteiger partial charge in [-0.2, -0.15) is 0 Å². The molecule has 21 heavy (non-hydrogen) atoms. The number of hydrogen-bond donors (Lipinski definition) is 1. The van der Waals surface area contributed by atoms with E-state index in [1.54, 1.807) is 12.1 Å². The highest BCUT2D eigenvalue weighted by Crippen LogP contribution is 2.27. The van der Waals surface area contributed by atoms with Gasteiger partial charge >= 0.3 is 0 Å². The maximum atomic E-state index is 12.0. The van der Waals surface area contributed by atoms with Gasteiger partial charge in [-0.3, -0.25) is 9.59 Å². The molecule has 0 bridgehead atoms. The highest BCUT2D eigenvalue weighted by Gasteiger charge is 2.21. The molecule has 2 rings (SSSR count). The first-order valence-electron chi connectivity index (χ1n) is 6.79. The number of hydrogen-bond acceptors (Lipinski definition) is 3. The van der Waals surface area contributed by atoms with Crippen molar-refractivity contribution in [2.24, 2.45) is 5.41 Å². The quantitative estimate of drug-likeness (QED) is 0.865. The lowest BCUT2D eigenvalue weighted by atomic mass is 9.95. The number of amides is 1. The van der Waals surface area contributed by atoms with Crippen molar-refractivity contribution in [3.8, 4) is 11.3 Å². The Balaban J connectivity index is 2.25. The van der Waals surface area contributed by atoms with Crippen LogP contribution in [0.5, 0.6) is 0 Å².